The van der Waals surface area contributed by atoms with Crippen LogP contribution in [-0.4, -0.2) is 42.7 Å². The highest BCUT2D eigenvalue weighted by Gasteiger charge is 2.33. The monoisotopic (exact) mass is 494 g/mol. The van der Waals surface area contributed by atoms with E-state index < -0.39 is 18.1 Å². The maximum Gasteiger partial charge on any atom is 0.272 e. The zero-order valence-electron chi connectivity index (χ0n) is 21.0. The van der Waals surface area contributed by atoms with E-state index in [1.807, 2.05) is 66.7 Å². The summed E-state index contributed by atoms with van der Waals surface area (Å²) in [7, 11) is 1.68. The van der Waals surface area contributed by atoms with Crippen molar-refractivity contribution in [2.75, 3.05) is 11.9 Å². The van der Waals surface area contributed by atoms with E-state index in [1.165, 1.54) is 16.0 Å². The predicted molar refractivity (Wildman–Crippen MR) is 143 cm³/mol. The second-order valence-electron chi connectivity index (χ2n) is 9.61. The molecule has 0 bridgehead atoms. The van der Waals surface area contributed by atoms with Crippen LogP contribution in [0.5, 0.6) is 0 Å². The van der Waals surface area contributed by atoms with E-state index in [2.05, 4.69) is 22.8 Å². The third-order valence-corrected chi connectivity index (χ3v) is 7.14. The van der Waals surface area contributed by atoms with Gasteiger partial charge in [-0.05, 0) is 43.4 Å². The normalized spacial score (nSPS) is 19.6. The lowest BCUT2D eigenvalue weighted by Gasteiger charge is -2.26. The highest BCUT2D eigenvalue weighted by molar-refractivity contribution is 6.20. The fourth-order valence-electron chi connectivity index (χ4n) is 5.02. The molecule has 3 amide bonds. The second-order valence-corrected chi connectivity index (χ2v) is 9.61. The standard InChI is InChI=1S/C30H30N4O3/c1-19(31-29(36)23-17-16-20-10-6-7-13-22(20)18-23)28(35)33-27-30(37)34(2)25-15-9-8-14-24(25)26(32-27)21-11-4-3-5-12-21/h3-15,19,23,27H,16-18H2,1-2H3,(H,31,36)(H,33,35)/t19-,23?,27+/m0/s1. The molecule has 1 heterocycles. The summed E-state index contributed by atoms with van der Waals surface area (Å²) in [6.07, 6.45) is 1.12. The number of hydrogen-bond acceptors (Lipinski definition) is 4. The summed E-state index contributed by atoms with van der Waals surface area (Å²) in [6.45, 7) is 1.63. The molecule has 188 valence electrons. The van der Waals surface area contributed by atoms with Crippen LogP contribution in [0.4, 0.5) is 5.69 Å². The van der Waals surface area contributed by atoms with Crippen molar-refractivity contribution in [2.24, 2.45) is 10.9 Å². The second kappa shape index (κ2) is 10.4. The zero-order valence-corrected chi connectivity index (χ0v) is 21.0. The largest absolute Gasteiger partial charge is 0.344 e. The van der Waals surface area contributed by atoms with Crippen LogP contribution in [0, 0.1) is 5.92 Å². The van der Waals surface area contributed by atoms with E-state index in [-0.39, 0.29) is 17.7 Å². The predicted octanol–water partition coefficient (Wildman–Crippen LogP) is 3.25. The highest BCUT2D eigenvalue weighted by Crippen LogP contribution is 2.28. The van der Waals surface area contributed by atoms with Gasteiger partial charge >= 0.3 is 0 Å². The van der Waals surface area contributed by atoms with E-state index in [4.69, 9.17) is 4.99 Å². The van der Waals surface area contributed by atoms with Gasteiger partial charge in [-0.3, -0.25) is 14.4 Å². The molecule has 0 spiro atoms. The molecule has 2 aliphatic rings. The van der Waals surface area contributed by atoms with Gasteiger partial charge in [-0.1, -0.05) is 72.8 Å². The van der Waals surface area contributed by atoms with Crippen molar-refractivity contribution in [1.29, 1.82) is 0 Å². The molecule has 37 heavy (non-hydrogen) atoms. The molecular weight excluding hydrogens is 464 g/mol. The Morgan fingerprint density at radius 2 is 1.62 bits per heavy atom. The number of rotatable bonds is 5. The van der Waals surface area contributed by atoms with Gasteiger partial charge in [0.2, 0.25) is 18.0 Å². The molecule has 0 fully saturated rings. The van der Waals surface area contributed by atoms with Gasteiger partial charge in [0.15, 0.2) is 0 Å². The van der Waals surface area contributed by atoms with Gasteiger partial charge in [0.05, 0.1) is 11.4 Å². The van der Waals surface area contributed by atoms with Gasteiger partial charge in [-0.15, -0.1) is 0 Å². The van der Waals surface area contributed by atoms with Crippen LogP contribution in [0.3, 0.4) is 0 Å². The van der Waals surface area contributed by atoms with Crippen molar-refractivity contribution in [3.63, 3.8) is 0 Å². The molecule has 0 saturated carbocycles. The molecule has 1 aliphatic carbocycles. The highest BCUT2D eigenvalue weighted by atomic mass is 16.2. The van der Waals surface area contributed by atoms with Crippen LogP contribution in [0.15, 0.2) is 83.9 Å². The van der Waals surface area contributed by atoms with Crippen LogP contribution < -0.4 is 15.5 Å². The molecule has 3 aromatic rings. The number of hydrogen-bond donors (Lipinski definition) is 2. The Bertz CT molecular complexity index is 1370. The Labute approximate surface area is 216 Å². The number of nitrogens with zero attached hydrogens (tertiary/aromatic N) is 2. The Balaban J connectivity index is 1.33. The molecule has 7 nitrogen and oxygen atoms in total. The summed E-state index contributed by atoms with van der Waals surface area (Å²) in [4.78, 5) is 45.7. The minimum absolute atomic E-state index is 0.151. The van der Waals surface area contributed by atoms with Gasteiger partial charge in [0.1, 0.15) is 6.04 Å². The molecule has 5 rings (SSSR count). The van der Waals surface area contributed by atoms with Crippen molar-refractivity contribution >= 4 is 29.1 Å². The Morgan fingerprint density at radius 3 is 2.41 bits per heavy atom. The molecule has 1 aliphatic heterocycles. The molecule has 3 atom stereocenters. The molecular formula is C30H30N4O3. The minimum Gasteiger partial charge on any atom is -0.344 e. The maximum atomic E-state index is 13.3. The SMILES string of the molecule is C[C@H](NC(=O)C1CCc2ccccc2C1)C(=O)N[C@H]1N=C(c2ccccc2)c2ccccc2N(C)C1=O. The smallest absolute Gasteiger partial charge is 0.272 e. The first kappa shape index (κ1) is 24.4. The number of fused-ring (bicyclic) bond motifs is 2. The summed E-state index contributed by atoms with van der Waals surface area (Å²) in [5.74, 6) is -1.15. The summed E-state index contributed by atoms with van der Waals surface area (Å²) in [6, 6.07) is 24.5. The number of amides is 3. The van der Waals surface area contributed by atoms with Crippen LogP contribution in [-0.2, 0) is 27.2 Å². The maximum absolute atomic E-state index is 13.3. The minimum atomic E-state index is -1.12. The van der Waals surface area contributed by atoms with Gasteiger partial charge < -0.3 is 15.5 Å². The lowest BCUT2D eigenvalue weighted by Crippen LogP contribution is -2.53. The molecule has 0 saturated heterocycles. The fourth-order valence-corrected chi connectivity index (χ4v) is 5.02. The van der Waals surface area contributed by atoms with E-state index in [1.54, 1.807) is 14.0 Å². The number of anilines is 1. The van der Waals surface area contributed by atoms with E-state index >= 15 is 0 Å². The van der Waals surface area contributed by atoms with Gasteiger partial charge in [0, 0.05) is 24.1 Å². The summed E-state index contributed by atoms with van der Waals surface area (Å²) >= 11 is 0. The number of para-hydroxylation sites is 1. The fraction of sp³-hybridized carbons (Fsp3) is 0.267. The number of nitrogens with one attached hydrogen (secondary N) is 2. The molecule has 3 aromatic carbocycles. The first-order valence-corrected chi connectivity index (χ1v) is 12.6. The first-order chi connectivity index (χ1) is 17.9. The van der Waals surface area contributed by atoms with Crippen LogP contribution in [0.2, 0.25) is 0 Å². The summed E-state index contributed by atoms with van der Waals surface area (Å²) in [5, 5.41) is 5.61. The van der Waals surface area contributed by atoms with Crippen molar-refractivity contribution in [3.8, 4) is 0 Å². The number of benzene rings is 3. The molecule has 7 heteroatoms. The van der Waals surface area contributed by atoms with E-state index in [9.17, 15) is 14.4 Å². The number of carbonyl (C=O) groups is 3. The Kier molecular flexibility index (Phi) is 6.86. The van der Waals surface area contributed by atoms with Gasteiger partial charge in [0.25, 0.3) is 5.91 Å². The van der Waals surface area contributed by atoms with Crippen molar-refractivity contribution in [2.45, 2.75) is 38.4 Å². The summed E-state index contributed by atoms with van der Waals surface area (Å²) < 4.78 is 0. The molecule has 1 unspecified atom stereocenters. The number of aliphatic imine (C=N–C) groups is 1. The zero-order chi connectivity index (χ0) is 25.9. The quantitative estimate of drug-likeness (QED) is 0.571. The summed E-state index contributed by atoms with van der Waals surface area (Å²) in [5.41, 5.74) is 5.45. The Hall–Kier alpha value is -4.26. The number of carbonyl (C=O) groups excluding carboxylic acids is 3. The topological polar surface area (TPSA) is 90.9 Å². The molecule has 2 N–H and O–H groups in total. The van der Waals surface area contributed by atoms with Crippen molar-refractivity contribution in [1.82, 2.24) is 10.6 Å². The molecule has 0 aromatic heterocycles. The number of benzodiazepines with no additional fused rings is 1. The van der Waals surface area contributed by atoms with E-state index in [0.717, 1.165) is 24.0 Å². The van der Waals surface area contributed by atoms with Crippen molar-refractivity contribution < 1.29 is 14.4 Å². The van der Waals surface area contributed by atoms with Crippen LogP contribution >= 0.6 is 0 Å². The van der Waals surface area contributed by atoms with Crippen LogP contribution in [0.25, 0.3) is 0 Å². The lowest BCUT2D eigenvalue weighted by molar-refractivity contribution is -0.132. The van der Waals surface area contributed by atoms with E-state index in [0.29, 0.717) is 17.8 Å². The van der Waals surface area contributed by atoms with Gasteiger partial charge in [-0.2, -0.15) is 0 Å². The average molecular weight is 495 g/mol. The third-order valence-electron chi connectivity index (χ3n) is 7.14. The third kappa shape index (κ3) is 5.03. The lowest BCUT2D eigenvalue weighted by atomic mass is 9.83. The number of aryl methyl sites for hydroxylation is 1. The molecule has 0 radical (unpaired) electrons. The van der Waals surface area contributed by atoms with Crippen molar-refractivity contribution in [3.05, 3.63) is 101 Å². The van der Waals surface area contributed by atoms with Crippen LogP contribution in [0.1, 0.15) is 35.6 Å². The first-order valence-electron chi connectivity index (χ1n) is 12.6. The number of likely N-dealkylation sites (N-methyl/N-ethyl adjacent to an activating group) is 1. The average Bonchev–Trinajstić information content (AvgIpc) is 3.03. The Morgan fingerprint density at radius 1 is 0.946 bits per heavy atom. The van der Waals surface area contributed by atoms with Gasteiger partial charge in [-0.25, -0.2) is 4.99 Å².